The number of hydrogen-bond acceptors (Lipinski definition) is 4. The van der Waals surface area contributed by atoms with Gasteiger partial charge in [-0.15, -0.1) is 0 Å². The number of nitrogens with one attached hydrogen (secondary N) is 1. The van der Waals surface area contributed by atoms with Crippen LogP contribution in [0.4, 0.5) is 0 Å². The number of aromatic hydroxyl groups is 1. The molecule has 96 valence electrons. The fourth-order valence-corrected chi connectivity index (χ4v) is 1.68. The third kappa shape index (κ3) is 5.17. The molecular weight excluding hydrogens is 218 g/mol. The van der Waals surface area contributed by atoms with Gasteiger partial charge >= 0.3 is 0 Å². The van der Waals surface area contributed by atoms with Gasteiger partial charge < -0.3 is 20.3 Å². The van der Waals surface area contributed by atoms with Crippen LogP contribution in [0.1, 0.15) is 24.9 Å². The Morgan fingerprint density at radius 1 is 1.24 bits per heavy atom. The van der Waals surface area contributed by atoms with E-state index in [0.29, 0.717) is 13.2 Å². The molecule has 0 amide bonds. The number of aliphatic hydroxyl groups excluding tert-OH is 1. The van der Waals surface area contributed by atoms with Gasteiger partial charge in [-0.1, -0.05) is 19.1 Å². The van der Waals surface area contributed by atoms with Gasteiger partial charge in [0.25, 0.3) is 0 Å². The van der Waals surface area contributed by atoms with E-state index in [9.17, 15) is 5.11 Å². The number of aliphatic hydroxyl groups is 1. The van der Waals surface area contributed by atoms with Gasteiger partial charge in [0.15, 0.2) is 0 Å². The third-order valence-corrected chi connectivity index (χ3v) is 2.58. The molecule has 17 heavy (non-hydrogen) atoms. The van der Waals surface area contributed by atoms with E-state index in [1.165, 1.54) is 0 Å². The summed E-state index contributed by atoms with van der Waals surface area (Å²) in [6.45, 7) is 3.90. The van der Waals surface area contributed by atoms with Crippen molar-refractivity contribution in [1.29, 1.82) is 0 Å². The van der Waals surface area contributed by atoms with Crippen molar-refractivity contribution in [3.8, 4) is 5.75 Å². The first-order valence-electron chi connectivity index (χ1n) is 5.98. The number of phenols is 1. The van der Waals surface area contributed by atoms with Crippen molar-refractivity contribution in [1.82, 2.24) is 5.32 Å². The number of rotatable bonds is 8. The first-order chi connectivity index (χ1) is 8.27. The summed E-state index contributed by atoms with van der Waals surface area (Å²) in [5.41, 5.74) is 1.16. The molecule has 3 N–H and O–H groups in total. The van der Waals surface area contributed by atoms with Crippen LogP contribution < -0.4 is 5.32 Å². The standard InChI is InChI=1S/C13H21NO3/c1-2-13(14-7-9-17-10-8-15)11-3-5-12(16)6-4-11/h3-6,13-16H,2,7-10H2,1H3. The van der Waals surface area contributed by atoms with E-state index < -0.39 is 0 Å². The summed E-state index contributed by atoms with van der Waals surface area (Å²) < 4.78 is 5.18. The zero-order valence-electron chi connectivity index (χ0n) is 10.2. The molecule has 4 nitrogen and oxygen atoms in total. The molecule has 0 aromatic heterocycles. The second kappa shape index (κ2) is 8.06. The summed E-state index contributed by atoms with van der Waals surface area (Å²) in [7, 11) is 0. The second-order valence-corrected chi connectivity index (χ2v) is 3.84. The third-order valence-electron chi connectivity index (χ3n) is 2.58. The fraction of sp³-hybridized carbons (Fsp3) is 0.538. The maximum absolute atomic E-state index is 9.22. The van der Waals surface area contributed by atoms with E-state index in [2.05, 4.69) is 12.2 Å². The summed E-state index contributed by atoms with van der Waals surface area (Å²) in [5, 5.41) is 21.2. The van der Waals surface area contributed by atoms with Crippen molar-refractivity contribution in [3.63, 3.8) is 0 Å². The largest absolute Gasteiger partial charge is 0.508 e. The molecule has 0 heterocycles. The quantitative estimate of drug-likeness (QED) is 0.601. The van der Waals surface area contributed by atoms with E-state index in [1.807, 2.05) is 12.1 Å². The predicted molar refractivity (Wildman–Crippen MR) is 67.0 cm³/mol. The predicted octanol–water partition coefficient (Wildman–Crippen LogP) is 1.44. The van der Waals surface area contributed by atoms with Crippen molar-refractivity contribution in [2.24, 2.45) is 0 Å². The Bertz CT molecular complexity index is 300. The Kier molecular flexibility index (Phi) is 6.62. The molecule has 1 rings (SSSR count). The van der Waals surface area contributed by atoms with Crippen LogP contribution in [0.2, 0.25) is 0 Å². The smallest absolute Gasteiger partial charge is 0.115 e. The topological polar surface area (TPSA) is 61.7 Å². The summed E-state index contributed by atoms with van der Waals surface area (Å²) in [6, 6.07) is 7.51. The molecule has 0 saturated carbocycles. The summed E-state index contributed by atoms with van der Waals surface area (Å²) in [4.78, 5) is 0. The Hall–Kier alpha value is -1.10. The minimum Gasteiger partial charge on any atom is -0.508 e. The number of benzene rings is 1. The average Bonchev–Trinajstić information content (AvgIpc) is 2.35. The summed E-state index contributed by atoms with van der Waals surface area (Å²) >= 11 is 0. The number of hydrogen-bond donors (Lipinski definition) is 3. The van der Waals surface area contributed by atoms with Gasteiger partial charge in [-0.05, 0) is 24.1 Å². The molecule has 0 aliphatic carbocycles. The van der Waals surface area contributed by atoms with Crippen molar-refractivity contribution in [3.05, 3.63) is 29.8 Å². The molecule has 0 radical (unpaired) electrons. The molecule has 0 fully saturated rings. The van der Waals surface area contributed by atoms with Crippen LogP contribution in [-0.4, -0.2) is 36.6 Å². The normalized spacial score (nSPS) is 12.6. The molecule has 1 unspecified atom stereocenters. The highest BCUT2D eigenvalue weighted by Gasteiger charge is 2.07. The Morgan fingerprint density at radius 2 is 1.94 bits per heavy atom. The van der Waals surface area contributed by atoms with Crippen molar-refractivity contribution < 1.29 is 14.9 Å². The first kappa shape index (κ1) is 14.0. The molecule has 0 bridgehead atoms. The second-order valence-electron chi connectivity index (χ2n) is 3.84. The zero-order chi connectivity index (χ0) is 12.5. The number of ether oxygens (including phenoxy) is 1. The highest BCUT2D eigenvalue weighted by Crippen LogP contribution is 2.19. The van der Waals surface area contributed by atoms with Gasteiger partial charge in [-0.2, -0.15) is 0 Å². The molecule has 0 aliphatic rings. The van der Waals surface area contributed by atoms with Crippen LogP contribution in [0.25, 0.3) is 0 Å². The van der Waals surface area contributed by atoms with Crippen LogP contribution >= 0.6 is 0 Å². The van der Waals surface area contributed by atoms with Gasteiger partial charge in [0, 0.05) is 12.6 Å². The Labute approximate surface area is 102 Å². The van der Waals surface area contributed by atoms with Crippen LogP contribution in [0.3, 0.4) is 0 Å². The van der Waals surface area contributed by atoms with Crippen LogP contribution in [0.5, 0.6) is 5.75 Å². The van der Waals surface area contributed by atoms with Gasteiger partial charge in [0.1, 0.15) is 5.75 Å². The van der Waals surface area contributed by atoms with Gasteiger partial charge in [0.05, 0.1) is 19.8 Å². The van der Waals surface area contributed by atoms with Crippen molar-refractivity contribution >= 4 is 0 Å². The maximum atomic E-state index is 9.22. The van der Waals surface area contributed by atoms with E-state index >= 15 is 0 Å². The van der Waals surface area contributed by atoms with E-state index in [-0.39, 0.29) is 18.4 Å². The van der Waals surface area contributed by atoms with Crippen LogP contribution in [0, 0.1) is 0 Å². The fourth-order valence-electron chi connectivity index (χ4n) is 1.68. The SMILES string of the molecule is CCC(NCCOCCO)c1ccc(O)cc1. The molecule has 0 aliphatic heterocycles. The molecule has 1 aromatic rings. The van der Waals surface area contributed by atoms with E-state index in [0.717, 1.165) is 18.5 Å². The molecule has 1 aromatic carbocycles. The first-order valence-corrected chi connectivity index (χ1v) is 5.98. The highest BCUT2D eigenvalue weighted by atomic mass is 16.5. The zero-order valence-corrected chi connectivity index (χ0v) is 10.2. The van der Waals surface area contributed by atoms with E-state index in [1.54, 1.807) is 12.1 Å². The molecule has 1 atom stereocenters. The summed E-state index contributed by atoms with van der Waals surface area (Å²) in [5.74, 6) is 0.287. The van der Waals surface area contributed by atoms with Crippen LogP contribution in [0.15, 0.2) is 24.3 Å². The molecule has 4 heteroatoms. The number of phenolic OH excluding ortho intramolecular Hbond substituents is 1. The van der Waals surface area contributed by atoms with E-state index in [4.69, 9.17) is 9.84 Å². The van der Waals surface area contributed by atoms with Gasteiger partial charge in [-0.25, -0.2) is 0 Å². The lowest BCUT2D eigenvalue weighted by Crippen LogP contribution is -2.25. The Morgan fingerprint density at radius 3 is 2.53 bits per heavy atom. The average molecular weight is 239 g/mol. The molecular formula is C13H21NO3. The minimum absolute atomic E-state index is 0.0647. The van der Waals surface area contributed by atoms with Crippen molar-refractivity contribution in [2.75, 3.05) is 26.4 Å². The lowest BCUT2D eigenvalue weighted by molar-refractivity contribution is 0.0925. The Balaban J connectivity index is 2.35. The monoisotopic (exact) mass is 239 g/mol. The highest BCUT2D eigenvalue weighted by molar-refractivity contribution is 5.27. The van der Waals surface area contributed by atoms with Gasteiger partial charge in [0.2, 0.25) is 0 Å². The maximum Gasteiger partial charge on any atom is 0.115 e. The van der Waals surface area contributed by atoms with Gasteiger partial charge in [-0.3, -0.25) is 0 Å². The lowest BCUT2D eigenvalue weighted by Gasteiger charge is -2.17. The minimum atomic E-state index is 0.0647. The molecule has 0 spiro atoms. The van der Waals surface area contributed by atoms with Crippen LogP contribution in [-0.2, 0) is 4.74 Å². The molecule has 0 saturated heterocycles. The summed E-state index contributed by atoms with van der Waals surface area (Å²) in [6.07, 6.45) is 0.977. The lowest BCUT2D eigenvalue weighted by atomic mass is 10.0. The van der Waals surface area contributed by atoms with Crippen molar-refractivity contribution in [2.45, 2.75) is 19.4 Å².